The number of imidazole rings is 1. The zero-order valence-electron chi connectivity index (χ0n) is 13.3. The molecule has 2 N–H and O–H groups in total. The summed E-state index contributed by atoms with van der Waals surface area (Å²) < 4.78 is 1.64. The van der Waals surface area contributed by atoms with E-state index in [-0.39, 0.29) is 5.78 Å². The highest BCUT2D eigenvalue weighted by Gasteiger charge is 2.23. The summed E-state index contributed by atoms with van der Waals surface area (Å²) in [6.07, 6.45) is 5.46. The minimum absolute atomic E-state index is 0.206. The van der Waals surface area contributed by atoms with Gasteiger partial charge in [-0.05, 0) is 43.0 Å². The van der Waals surface area contributed by atoms with Crippen molar-refractivity contribution >= 4 is 23.3 Å². The van der Waals surface area contributed by atoms with Gasteiger partial charge in [-0.15, -0.1) is 0 Å². The van der Waals surface area contributed by atoms with Gasteiger partial charge in [-0.3, -0.25) is 14.4 Å². The fourth-order valence-corrected chi connectivity index (χ4v) is 2.25. The molecule has 0 radical (unpaired) electrons. The van der Waals surface area contributed by atoms with Crippen LogP contribution in [0.5, 0.6) is 0 Å². The predicted octanol–water partition coefficient (Wildman–Crippen LogP) is 1.12. The number of aryl methyl sites for hydroxylation is 1. The molecule has 24 heavy (non-hydrogen) atoms. The number of hydrogen-bond donors (Lipinski definition) is 2. The Morgan fingerprint density at radius 2 is 1.88 bits per heavy atom. The molecule has 1 fully saturated rings. The van der Waals surface area contributed by atoms with Crippen LogP contribution in [-0.4, -0.2) is 33.7 Å². The number of hydrogen-bond acceptors (Lipinski definition) is 4. The molecule has 124 valence electrons. The zero-order chi connectivity index (χ0) is 17.1. The summed E-state index contributed by atoms with van der Waals surface area (Å²) in [6.45, 7) is 0.545. The number of carbonyl (C=O) groups is 3. The first-order chi connectivity index (χ1) is 11.5. The van der Waals surface area contributed by atoms with Gasteiger partial charge in [-0.2, -0.15) is 0 Å². The quantitative estimate of drug-likeness (QED) is 0.636. The monoisotopic (exact) mass is 326 g/mol. The lowest BCUT2D eigenvalue weighted by molar-refractivity contribution is -0.136. The van der Waals surface area contributed by atoms with E-state index in [2.05, 4.69) is 15.6 Å². The highest BCUT2D eigenvalue weighted by molar-refractivity contribution is 6.39. The van der Waals surface area contributed by atoms with Crippen LogP contribution in [0.25, 0.3) is 0 Å². The van der Waals surface area contributed by atoms with Gasteiger partial charge in [0.15, 0.2) is 5.82 Å². The molecule has 1 heterocycles. The lowest BCUT2D eigenvalue weighted by Crippen LogP contribution is -2.36. The maximum Gasteiger partial charge on any atom is 0.313 e. The Morgan fingerprint density at radius 1 is 1.17 bits per heavy atom. The van der Waals surface area contributed by atoms with Gasteiger partial charge in [-0.25, -0.2) is 4.98 Å². The molecule has 0 aliphatic heterocycles. The number of ketones is 1. The van der Waals surface area contributed by atoms with Gasteiger partial charge in [0.05, 0.1) is 0 Å². The van der Waals surface area contributed by atoms with Crippen LogP contribution >= 0.6 is 0 Å². The van der Waals surface area contributed by atoms with Gasteiger partial charge >= 0.3 is 11.8 Å². The number of rotatable bonds is 5. The van der Waals surface area contributed by atoms with E-state index in [1.165, 1.54) is 0 Å². The van der Waals surface area contributed by atoms with E-state index >= 15 is 0 Å². The highest BCUT2D eigenvalue weighted by Crippen LogP contribution is 2.27. The Hall–Kier alpha value is -2.96. The van der Waals surface area contributed by atoms with Crippen molar-refractivity contribution in [2.45, 2.75) is 12.8 Å². The third-order valence-electron chi connectivity index (χ3n) is 3.88. The molecule has 1 aliphatic rings. The summed E-state index contributed by atoms with van der Waals surface area (Å²) >= 11 is 0. The molecule has 2 amide bonds. The molecule has 1 aliphatic carbocycles. The Balaban J connectivity index is 1.59. The van der Waals surface area contributed by atoms with Crippen LogP contribution in [-0.2, 0) is 16.6 Å². The zero-order valence-corrected chi connectivity index (χ0v) is 13.3. The molecular formula is C17H18N4O3. The first-order valence-electron chi connectivity index (χ1n) is 7.76. The Kier molecular flexibility index (Phi) is 4.41. The fraction of sp³-hybridized carbons (Fsp3) is 0.294. The predicted molar refractivity (Wildman–Crippen MR) is 87.4 cm³/mol. The van der Waals surface area contributed by atoms with Crippen LogP contribution in [0.3, 0.4) is 0 Å². The minimum Gasteiger partial charge on any atom is -0.348 e. The third kappa shape index (κ3) is 3.68. The van der Waals surface area contributed by atoms with Gasteiger partial charge in [0.1, 0.15) is 0 Å². The first kappa shape index (κ1) is 15.9. The average Bonchev–Trinajstić information content (AvgIpc) is 3.32. The van der Waals surface area contributed by atoms with Crippen LogP contribution in [0.1, 0.15) is 29.0 Å². The van der Waals surface area contributed by atoms with E-state index in [0.717, 1.165) is 12.8 Å². The van der Waals surface area contributed by atoms with Crippen LogP contribution in [0.15, 0.2) is 36.7 Å². The largest absolute Gasteiger partial charge is 0.348 e. The van der Waals surface area contributed by atoms with E-state index in [1.54, 1.807) is 48.3 Å². The standard InChI is InChI=1S/C17H18N4O3/c1-21-9-8-18-15(21)14(22)12-4-6-13(7-5-12)20-17(24)16(23)19-10-11-2-3-11/h4-9,11H,2-3,10H2,1H3,(H,19,23)(H,20,24). The normalized spacial score (nSPS) is 13.4. The number of aromatic nitrogens is 2. The van der Waals surface area contributed by atoms with Crippen molar-refractivity contribution in [2.24, 2.45) is 13.0 Å². The van der Waals surface area contributed by atoms with Crippen molar-refractivity contribution in [3.05, 3.63) is 48.0 Å². The Bertz CT molecular complexity index is 775. The van der Waals surface area contributed by atoms with Gasteiger partial charge in [0.2, 0.25) is 5.78 Å². The van der Waals surface area contributed by atoms with Crippen LogP contribution in [0.2, 0.25) is 0 Å². The maximum atomic E-state index is 12.3. The first-order valence-corrected chi connectivity index (χ1v) is 7.76. The number of carbonyl (C=O) groups excluding carboxylic acids is 3. The molecule has 7 heteroatoms. The molecule has 3 rings (SSSR count). The fourth-order valence-electron chi connectivity index (χ4n) is 2.25. The molecule has 0 atom stereocenters. The summed E-state index contributed by atoms with van der Waals surface area (Å²) in [7, 11) is 1.75. The minimum atomic E-state index is -0.709. The molecule has 0 spiro atoms. The van der Waals surface area contributed by atoms with Crippen LogP contribution in [0, 0.1) is 5.92 Å². The summed E-state index contributed by atoms with van der Waals surface area (Å²) in [4.78, 5) is 39.8. The average molecular weight is 326 g/mol. The van der Waals surface area contributed by atoms with Crippen molar-refractivity contribution in [2.75, 3.05) is 11.9 Å². The van der Waals surface area contributed by atoms with E-state index < -0.39 is 11.8 Å². The summed E-state index contributed by atoms with van der Waals surface area (Å²) in [5.41, 5.74) is 0.915. The molecule has 0 saturated heterocycles. The van der Waals surface area contributed by atoms with Gasteiger partial charge in [0, 0.05) is 37.2 Å². The van der Waals surface area contributed by atoms with Crippen molar-refractivity contribution in [3.8, 4) is 0 Å². The van der Waals surface area contributed by atoms with E-state index in [4.69, 9.17) is 0 Å². The number of anilines is 1. The highest BCUT2D eigenvalue weighted by atomic mass is 16.2. The number of nitrogens with zero attached hydrogens (tertiary/aromatic N) is 2. The topological polar surface area (TPSA) is 93.1 Å². The molecule has 1 saturated carbocycles. The number of amides is 2. The summed E-state index contributed by atoms with van der Waals surface area (Å²) in [5, 5.41) is 5.12. The van der Waals surface area contributed by atoms with Crippen LogP contribution < -0.4 is 10.6 Å². The van der Waals surface area contributed by atoms with Crippen molar-refractivity contribution < 1.29 is 14.4 Å². The Labute approximate surface area is 139 Å². The lowest BCUT2D eigenvalue weighted by Gasteiger charge is -2.07. The van der Waals surface area contributed by atoms with E-state index in [0.29, 0.717) is 29.5 Å². The van der Waals surface area contributed by atoms with Gasteiger partial charge in [0.25, 0.3) is 0 Å². The SMILES string of the molecule is Cn1ccnc1C(=O)c1ccc(NC(=O)C(=O)NCC2CC2)cc1. The van der Waals surface area contributed by atoms with Crippen LogP contribution in [0.4, 0.5) is 5.69 Å². The molecule has 2 aromatic rings. The Morgan fingerprint density at radius 3 is 2.46 bits per heavy atom. The summed E-state index contributed by atoms with van der Waals surface area (Å²) in [6, 6.07) is 6.36. The van der Waals surface area contributed by atoms with Crippen molar-refractivity contribution in [1.82, 2.24) is 14.9 Å². The van der Waals surface area contributed by atoms with Crippen molar-refractivity contribution in [3.63, 3.8) is 0 Å². The smallest absolute Gasteiger partial charge is 0.313 e. The molecule has 0 bridgehead atoms. The molecule has 0 unspecified atom stereocenters. The van der Waals surface area contributed by atoms with Crippen molar-refractivity contribution in [1.29, 1.82) is 0 Å². The second-order valence-corrected chi connectivity index (χ2v) is 5.88. The second kappa shape index (κ2) is 6.66. The van der Waals surface area contributed by atoms with Gasteiger partial charge < -0.3 is 15.2 Å². The third-order valence-corrected chi connectivity index (χ3v) is 3.88. The van der Waals surface area contributed by atoms with E-state index in [1.807, 2.05) is 0 Å². The molecule has 7 nitrogen and oxygen atoms in total. The molecule has 1 aromatic carbocycles. The maximum absolute atomic E-state index is 12.3. The molecule has 1 aromatic heterocycles. The summed E-state index contributed by atoms with van der Waals surface area (Å²) in [5.74, 6) is -0.708. The number of nitrogens with one attached hydrogen (secondary N) is 2. The van der Waals surface area contributed by atoms with E-state index in [9.17, 15) is 14.4 Å². The van der Waals surface area contributed by atoms with Gasteiger partial charge in [-0.1, -0.05) is 0 Å². The lowest BCUT2D eigenvalue weighted by atomic mass is 10.1. The number of benzene rings is 1. The second-order valence-electron chi connectivity index (χ2n) is 5.88. The molecular weight excluding hydrogens is 308 g/mol.